The Bertz CT molecular complexity index is 687. The third-order valence-electron chi connectivity index (χ3n) is 2.77. The lowest BCUT2D eigenvalue weighted by molar-refractivity contribution is -0.123. The van der Waals surface area contributed by atoms with Crippen LogP contribution in [0.5, 0.6) is 5.75 Å². The van der Waals surface area contributed by atoms with Crippen molar-refractivity contribution in [2.24, 2.45) is 5.10 Å². The fourth-order valence-corrected chi connectivity index (χ4v) is 1.99. The number of aryl methyl sites for hydroxylation is 1. The highest BCUT2D eigenvalue weighted by Gasteiger charge is 2.03. The predicted molar refractivity (Wildman–Crippen MR) is 91.6 cm³/mol. The van der Waals surface area contributed by atoms with Crippen LogP contribution in [0.3, 0.4) is 0 Å². The van der Waals surface area contributed by atoms with Crippen molar-refractivity contribution in [1.82, 2.24) is 5.43 Å². The second kappa shape index (κ2) is 7.96. The molecule has 0 saturated heterocycles. The molecule has 22 heavy (non-hydrogen) atoms. The normalized spacial score (nSPS) is 10.7. The van der Waals surface area contributed by atoms with Crippen molar-refractivity contribution < 1.29 is 9.53 Å². The minimum atomic E-state index is -0.328. The van der Waals surface area contributed by atoms with Gasteiger partial charge >= 0.3 is 0 Å². The van der Waals surface area contributed by atoms with Gasteiger partial charge in [0.1, 0.15) is 5.75 Å². The number of carbonyl (C=O) groups is 1. The van der Waals surface area contributed by atoms with Crippen LogP contribution in [0, 0.1) is 6.92 Å². The van der Waals surface area contributed by atoms with Crippen LogP contribution in [-0.4, -0.2) is 18.7 Å². The number of ether oxygens (including phenoxy) is 1. The molecule has 0 saturated carbocycles. The third-order valence-corrected chi connectivity index (χ3v) is 3.91. The maximum Gasteiger partial charge on any atom is 0.277 e. The van der Waals surface area contributed by atoms with E-state index < -0.39 is 0 Å². The highest BCUT2D eigenvalue weighted by Crippen LogP contribution is 2.21. The summed E-state index contributed by atoms with van der Waals surface area (Å²) in [5.74, 6) is 0.309. The van der Waals surface area contributed by atoms with E-state index in [0.29, 0.717) is 10.8 Å². The van der Waals surface area contributed by atoms with Crippen LogP contribution in [-0.2, 0) is 4.79 Å². The molecule has 0 aromatic heterocycles. The molecule has 2 rings (SSSR count). The van der Waals surface area contributed by atoms with Crippen LogP contribution >= 0.6 is 27.5 Å². The topological polar surface area (TPSA) is 50.7 Å². The van der Waals surface area contributed by atoms with Crippen molar-refractivity contribution in [3.05, 3.63) is 63.1 Å². The van der Waals surface area contributed by atoms with Crippen LogP contribution in [0.25, 0.3) is 0 Å². The van der Waals surface area contributed by atoms with Crippen molar-refractivity contribution >= 4 is 39.7 Å². The molecule has 6 heteroatoms. The molecule has 0 unspecified atom stereocenters. The lowest BCUT2D eigenvalue weighted by Gasteiger charge is -2.06. The van der Waals surface area contributed by atoms with E-state index in [9.17, 15) is 4.79 Å². The number of nitrogens with zero attached hydrogens (tertiary/aromatic N) is 1. The largest absolute Gasteiger partial charge is 0.484 e. The van der Waals surface area contributed by atoms with Gasteiger partial charge in [-0.05, 0) is 48.4 Å². The molecule has 2 aromatic rings. The Kier molecular flexibility index (Phi) is 5.98. The molecule has 2 aromatic carbocycles. The Morgan fingerprint density at radius 1 is 1.32 bits per heavy atom. The number of hydrogen-bond acceptors (Lipinski definition) is 3. The summed E-state index contributed by atoms with van der Waals surface area (Å²) in [7, 11) is 0. The standard InChI is InChI=1S/C16H14BrClN2O2/c1-11-8-14(6-7-15(11)17)22-10-16(21)20-19-9-12-2-4-13(18)5-3-12/h2-9H,10H2,1H3,(H,20,21). The van der Waals surface area contributed by atoms with Gasteiger partial charge in [0.2, 0.25) is 0 Å². The number of halogens is 2. The number of amides is 1. The predicted octanol–water partition coefficient (Wildman–Crippen LogP) is 3.94. The van der Waals surface area contributed by atoms with Crippen molar-refractivity contribution in [3.63, 3.8) is 0 Å². The Balaban J connectivity index is 1.80. The van der Waals surface area contributed by atoms with Gasteiger partial charge in [-0.25, -0.2) is 5.43 Å². The van der Waals surface area contributed by atoms with Gasteiger partial charge in [0.05, 0.1) is 6.21 Å². The van der Waals surface area contributed by atoms with Gasteiger partial charge in [-0.1, -0.05) is 39.7 Å². The first kappa shape index (κ1) is 16.5. The first-order valence-corrected chi connectivity index (χ1v) is 7.68. The average molecular weight is 382 g/mol. The van der Waals surface area contributed by atoms with E-state index >= 15 is 0 Å². The number of nitrogens with one attached hydrogen (secondary N) is 1. The molecule has 114 valence electrons. The molecule has 0 atom stereocenters. The highest BCUT2D eigenvalue weighted by atomic mass is 79.9. The van der Waals surface area contributed by atoms with Gasteiger partial charge in [0.15, 0.2) is 6.61 Å². The Hall–Kier alpha value is -1.85. The summed E-state index contributed by atoms with van der Waals surface area (Å²) in [5.41, 5.74) is 4.29. The van der Waals surface area contributed by atoms with Crippen LogP contribution in [0.4, 0.5) is 0 Å². The van der Waals surface area contributed by atoms with Gasteiger partial charge in [-0.3, -0.25) is 4.79 Å². The van der Waals surface area contributed by atoms with Gasteiger partial charge in [0, 0.05) is 9.50 Å². The zero-order chi connectivity index (χ0) is 15.9. The van der Waals surface area contributed by atoms with Crippen molar-refractivity contribution in [2.75, 3.05) is 6.61 Å². The van der Waals surface area contributed by atoms with E-state index in [0.717, 1.165) is 15.6 Å². The Labute approximate surface area is 142 Å². The van der Waals surface area contributed by atoms with Crippen molar-refractivity contribution in [1.29, 1.82) is 0 Å². The maximum atomic E-state index is 11.6. The van der Waals surface area contributed by atoms with Crippen LogP contribution in [0.2, 0.25) is 5.02 Å². The Morgan fingerprint density at radius 2 is 2.05 bits per heavy atom. The summed E-state index contributed by atoms with van der Waals surface area (Å²) in [4.78, 5) is 11.6. The smallest absolute Gasteiger partial charge is 0.277 e. The molecular weight excluding hydrogens is 368 g/mol. The van der Waals surface area contributed by atoms with Gasteiger partial charge in [-0.15, -0.1) is 0 Å². The second-order valence-corrected chi connectivity index (χ2v) is 5.84. The summed E-state index contributed by atoms with van der Waals surface area (Å²) in [5, 5.41) is 4.51. The molecule has 0 fully saturated rings. The quantitative estimate of drug-likeness (QED) is 0.630. The summed E-state index contributed by atoms with van der Waals surface area (Å²) >= 11 is 9.19. The van der Waals surface area contributed by atoms with Gasteiger partial charge < -0.3 is 4.74 Å². The fourth-order valence-electron chi connectivity index (χ4n) is 1.62. The first-order chi connectivity index (χ1) is 10.5. The second-order valence-electron chi connectivity index (χ2n) is 4.54. The molecule has 0 spiro atoms. The molecule has 0 bridgehead atoms. The molecule has 0 aliphatic heterocycles. The van der Waals surface area contributed by atoms with E-state index in [1.54, 1.807) is 30.3 Å². The highest BCUT2D eigenvalue weighted by molar-refractivity contribution is 9.10. The van der Waals surface area contributed by atoms with E-state index in [-0.39, 0.29) is 12.5 Å². The molecule has 0 heterocycles. The Morgan fingerprint density at radius 3 is 2.73 bits per heavy atom. The van der Waals surface area contributed by atoms with E-state index in [4.69, 9.17) is 16.3 Å². The van der Waals surface area contributed by atoms with E-state index in [2.05, 4.69) is 26.5 Å². The number of carbonyl (C=O) groups excluding carboxylic acids is 1. The molecule has 0 radical (unpaired) electrons. The van der Waals surface area contributed by atoms with Crippen LogP contribution in [0.1, 0.15) is 11.1 Å². The monoisotopic (exact) mass is 380 g/mol. The first-order valence-electron chi connectivity index (χ1n) is 6.51. The summed E-state index contributed by atoms with van der Waals surface area (Å²) < 4.78 is 6.39. The lowest BCUT2D eigenvalue weighted by atomic mass is 10.2. The summed E-state index contributed by atoms with van der Waals surface area (Å²) in [6.07, 6.45) is 1.54. The third kappa shape index (κ3) is 5.16. The number of hydrogen-bond donors (Lipinski definition) is 1. The van der Waals surface area contributed by atoms with Gasteiger partial charge in [0.25, 0.3) is 5.91 Å². The minimum absolute atomic E-state index is 0.0982. The summed E-state index contributed by atoms with van der Waals surface area (Å²) in [6.45, 7) is 1.85. The molecule has 1 N–H and O–H groups in total. The number of benzene rings is 2. The zero-order valence-electron chi connectivity index (χ0n) is 11.8. The fraction of sp³-hybridized carbons (Fsp3) is 0.125. The number of hydrazone groups is 1. The molecule has 4 nitrogen and oxygen atoms in total. The van der Waals surface area contributed by atoms with E-state index in [1.165, 1.54) is 6.21 Å². The van der Waals surface area contributed by atoms with Crippen LogP contribution < -0.4 is 10.2 Å². The van der Waals surface area contributed by atoms with E-state index in [1.807, 2.05) is 19.1 Å². The molecule has 0 aliphatic carbocycles. The maximum absolute atomic E-state index is 11.6. The minimum Gasteiger partial charge on any atom is -0.484 e. The van der Waals surface area contributed by atoms with Gasteiger partial charge in [-0.2, -0.15) is 5.10 Å². The molecule has 1 amide bonds. The lowest BCUT2D eigenvalue weighted by Crippen LogP contribution is -2.24. The number of rotatable bonds is 5. The summed E-state index contributed by atoms with van der Waals surface area (Å²) in [6, 6.07) is 12.6. The SMILES string of the molecule is Cc1cc(OCC(=O)NN=Cc2ccc(Cl)cc2)ccc1Br. The van der Waals surface area contributed by atoms with Crippen LogP contribution in [0.15, 0.2) is 52.0 Å². The zero-order valence-corrected chi connectivity index (χ0v) is 14.2. The molecular formula is C16H14BrClN2O2. The van der Waals surface area contributed by atoms with Crippen molar-refractivity contribution in [2.45, 2.75) is 6.92 Å². The molecule has 0 aliphatic rings. The van der Waals surface area contributed by atoms with Crippen molar-refractivity contribution in [3.8, 4) is 5.75 Å². The average Bonchev–Trinajstić information content (AvgIpc) is 2.50.